The minimum Gasteiger partial charge on any atom is -0.313 e. The average molecular weight is 344 g/mol. The maximum absolute atomic E-state index is 11.9. The molecule has 0 radical (unpaired) electrons. The van der Waals surface area contributed by atoms with Gasteiger partial charge in [0.1, 0.15) is 0 Å². The molecule has 106 valence electrons. The number of sulfonamides is 1. The Morgan fingerprint density at radius 1 is 1.16 bits per heavy atom. The van der Waals surface area contributed by atoms with Gasteiger partial charge in [-0.25, -0.2) is 8.42 Å². The topological polar surface area (TPSA) is 58.2 Å². The van der Waals surface area contributed by atoms with Gasteiger partial charge < -0.3 is 5.32 Å². The molecule has 19 heavy (non-hydrogen) atoms. The van der Waals surface area contributed by atoms with Crippen LogP contribution in [-0.2, 0) is 10.0 Å². The van der Waals surface area contributed by atoms with Crippen LogP contribution in [-0.4, -0.2) is 26.8 Å². The molecule has 2 rings (SSSR count). The molecule has 0 atom stereocenters. The molecule has 8 heteroatoms. The summed E-state index contributed by atoms with van der Waals surface area (Å²) < 4.78 is 26.2. The third kappa shape index (κ3) is 4.68. The summed E-state index contributed by atoms with van der Waals surface area (Å²) in [6.45, 7) is 0.406. The molecule has 2 N–H and O–H groups in total. The molecule has 0 aromatic heterocycles. The first kappa shape index (κ1) is 15.2. The lowest BCUT2D eigenvalue weighted by atomic mass is 10.3. The zero-order valence-corrected chi connectivity index (χ0v) is 13.0. The van der Waals surface area contributed by atoms with Crippen molar-refractivity contribution in [3.05, 3.63) is 27.2 Å². The van der Waals surface area contributed by atoms with E-state index in [2.05, 4.69) is 10.0 Å². The number of benzene rings is 1. The van der Waals surface area contributed by atoms with Gasteiger partial charge >= 0.3 is 0 Å². The number of hydrogen-bond donors (Lipinski definition) is 2. The van der Waals surface area contributed by atoms with Gasteiger partial charge in [0.25, 0.3) is 0 Å². The van der Waals surface area contributed by atoms with Crippen molar-refractivity contribution >= 4 is 50.5 Å². The van der Waals surface area contributed by atoms with Crippen molar-refractivity contribution in [1.29, 1.82) is 0 Å². The monoisotopic (exact) mass is 342 g/mol. The first-order valence-corrected chi connectivity index (χ1v) is 8.54. The van der Waals surface area contributed by atoms with Gasteiger partial charge in [0, 0.05) is 17.6 Å². The highest BCUT2D eigenvalue weighted by Crippen LogP contribution is 2.34. The van der Waals surface area contributed by atoms with E-state index >= 15 is 0 Å². The van der Waals surface area contributed by atoms with Crippen LogP contribution in [0.3, 0.4) is 0 Å². The number of rotatable bonds is 6. The van der Waals surface area contributed by atoms with Crippen LogP contribution in [0, 0.1) is 0 Å². The smallest absolute Gasteiger partial charge is 0.234 e. The van der Waals surface area contributed by atoms with E-state index in [0.717, 1.165) is 12.8 Å². The second kappa shape index (κ2) is 6.06. The third-order valence-electron chi connectivity index (χ3n) is 2.65. The highest BCUT2D eigenvalue weighted by atomic mass is 35.5. The van der Waals surface area contributed by atoms with Gasteiger partial charge in [-0.1, -0.05) is 34.8 Å². The molecule has 0 heterocycles. The van der Waals surface area contributed by atoms with Crippen molar-refractivity contribution in [2.75, 3.05) is 17.0 Å². The molecule has 0 unspecified atom stereocenters. The Hall–Kier alpha value is -0.200. The minimum absolute atomic E-state index is 0.0290. The summed E-state index contributed by atoms with van der Waals surface area (Å²) >= 11 is 17.6. The molecular weight excluding hydrogens is 331 g/mol. The Kier molecular flexibility index (Phi) is 4.84. The molecule has 0 aliphatic heterocycles. The summed E-state index contributed by atoms with van der Waals surface area (Å²) in [5.41, 5.74) is 0.166. The first-order valence-electron chi connectivity index (χ1n) is 5.76. The molecule has 0 amide bonds. The van der Waals surface area contributed by atoms with E-state index in [0.29, 0.717) is 17.6 Å². The molecule has 0 saturated heterocycles. The van der Waals surface area contributed by atoms with Gasteiger partial charge in [-0.2, -0.15) is 0 Å². The van der Waals surface area contributed by atoms with Crippen molar-refractivity contribution < 1.29 is 8.42 Å². The van der Waals surface area contributed by atoms with E-state index in [1.807, 2.05) is 0 Å². The lowest BCUT2D eigenvalue weighted by Gasteiger charge is -2.12. The second-order valence-electron chi connectivity index (χ2n) is 4.39. The fourth-order valence-electron chi connectivity index (χ4n) is 1.53. The molecule has 1 fully saturated rings. The Labute approximate surface area is 127 Å². The second-order valence-corrected chi connectivity index (χ2v) is 7.49. The van der Waals surface area contributed by atoms with Gasteiger partial charge in [0.2, 0.25) is 10.0 Å². The maximum atomic E-state index is 11.9. The van der Waals surface area contributed by atoms with E-state index < -0.39 is 10.0 Å². The molecule has 0 bridgehead atoms. The van der Waals surface area contributed by atoms with Gasteiger partial charge in [0.15, 0.2) is 0 Å². The number of anilines is 1. The lowest BCUT2D eigenvalue weighted by Crippen LogP contribution is -2.28. The van der Waals surface area contributed by atoms with Crippen LogP contribution in [0.15, 0.2) is 12.1 Å². The molecule has 1 aromatic carbocycles. The van der Waals surface area contributed by atoms with Crippen molar-refractivity contribution in [2.45, 2.75) is 18.9 Å². The van der Waals surface area contributed by atoms with Gasteiger partial charge in [-0.05, 0) is 25.0 Å². The van der Waals surface area contributed by atoms with Crippen molar-refractivity contribution in [2.24, 2.45) is 0 Å². The number of hydrogen-bond acceptors (Lipinski definition) is 3. The summed E-state index contributed by atoms with van der Waals surface area (Å²) in [7, 11) is -3.48. The van der Waals surface area contributed by atoms with Gasteiger partial charge in [-0.15, -0.1) is 0 Å². The van der Waals surface area contributed by atoms with Gasteiger partial charge in [0.05, 0.1) is 21.5 Å². The Balaban J connectivity index is 2.02. The first-order chi connectivity index (χ1) is 8.87. The van der Waals surface area contributed by atoms with Crippen LogP contribution in [0.25, 0.3) is 0 Å². The van der Waals surface area contributed by atoms with Crippen LogP contribution < -0.4 is 10.0 Å². The predicted molar refractivity (Wildman–Crippen MR) is 79.9 cm³/mol. The van der Waals surface area contributed by atoms with E-state index in [-0.39, 0.29) is 21.5 Å². The molecule has 0 spiro atoms. The Morgan fingerprint density at radius 3 is 2.26 bits per heavy atom. The largest absolute Gasteiger partial charge is 0.313 e. The van der Waals surface area contributed by atoms with Crippen molar-refractivity contribution in [3.63, 3.8) is 0 Å². The third-order valence-corrected chi connectivity index (χ3v) is 4.72. The summed E-state index contributed by atoms with van der Waals surface area (Å²) in [4.78, 5) is 0. The summed E-state index contributed by atoms with van der Waals surface area (Å²) in [5.74, 6) is -0.0290. The standard InChI is InChI=1S/C11H13Cl3N2O2S/c12-7-5-9(13)11(10(14)6-7)16-19(17,18)4-3-15-8-1-2-8/h5-6,8,15-16H,1-4H2. The number of halogens is 3. The van der Waals surface area contributed by atoms with Crippen LogP contribution in [0.4, 0.5) is 5.69 Å². The highest BCUT2D eigenvalue weighted by molar-refractivity contribution is 7.92. The quantitative estimate of drug-likeness (QED) is 0.834. The molecule has 4 nitrogen and oxygen atoms in total. The predicted octanol–water partition coefficient (Wildman–Crippen LogP) is 3.14. The van der Waals surface area contributed by atoms with Crippen LogP contribution in [0.2, 0.25) is 15.1 Å². The normalized spacial score (nSPS) is 15.5. The van der Waals surface area contributed by atoms with E-state index in [1.165, 1.54) is 12.1 Å². The minimum atomic E-state index is -3.48. The molecule has 1 aliphatic rings. The van der Waals surface area contributed by atoms with Crippen LogP contribution >= 0.6 is 34.8 Å². The van der Waals surface area contributed by atoms with Crippen LogP contribution in [0.1, 0.15) is 12.8 Å². The van der Waals surface area contributed by atoms with Gasteiger partial charge in [-0.3, -0.25) is 4.72 Å². The maximum Gasteiger partial charge on any atom is 0.234 e. The SMILES string of the molecule is O=S(=O)(CCNC1CC1)Nc1c(Cl)cc(Cl)cc1Cl. The zero-order valence-electron chi connectivity index (χ0n) is 9.92. The van der Waals surface area contributed by atoms with Crippen molar-refractivity contribution in [1.82, 2.24) is 5.32 Å². The molecule has 1 saturated carbocycles. The summed E-state index contributed by atoms with van der Waals surface area (Å²) in [5, 5.41) is 3.84. The van der Waals surface area contributed by atoms with Crippen molar-refractivity contribution in [3.8, 4) is 0 Å². The summed E-state index contributed by atoms with van der Waals surface area (Å²) in [6.07, 6.45) is 2.23. The van der Waals surface area contributed by atoms with E-state index in [1.54, 1.807) is 0 Å². The van der Waals surface area contributed by atoms with Crippen LogP contribution in [0.5, 0.6) is 0 Å². The highest BCUT2D eigenvalue weighted by Gasteiger charge is 2.22. The number of nitrogens with one attached hydrogen (secondary N) is 2. The lowest BCUT2D eigenvalue weighted by molar-refractivity contribution is 0.595. The van der Waals surface area contributed by atoms with E-state index in [4.69, 9.17) is 34.8 Å². The molecule has 1 aliphatic carbocycles. The fraction of sp³-hybridized carbons (Fsp3) is 0.455. The zero-order chi connectivity index (χ0) is 14.0. The Bertz CT molecular complexity index is 550. The fourth-order valence-corrected chi connectivity index (χ4v) is 3.57. The van der Waals surface area contributed by atoms with E-state index in [9.17, 15) is 8.42 Å². The Morgan fingerprint density at radius 2 is 1.74 bits per heavy atom. The molecule has 1 aromatic rings. The molecular formula is C11H13Cl3N2O2S. The summed E-state index contributed by atoms with van der Waals surface area (Å²) in [6, 6.07) is 3.35. The average Bonchev–Trinajstić information content (AvgIpc) is 3.07.